The average Bonchev–Trinajstić information content (AvgIpc) is 2.52. The van der Waals surface area contributed by atoms with E-state index in [-0.39, 0.29) is 5.91 Å². The number of carbonyl (C=O) groups excluding carboxylic acids is 1. The van der Waals surface area contributed by atoms with Gasteiger partial charge in [-0.2, -0.15) is 0 Å². The molecule has 0 aliphatic carbocycles. The zero-order valence-electron chi connectivity index (χ0n) is 11.7. The van der Waals surface area contributed by atoms with Crippen molar-refractivity contribution >= 4 is 17.7 Å². The van der Waals surface area contributed by atoms with Crippen LogP contribution in [-0.2, 0) is 11.3 Å². The number of benzene rings is 2. The van der Waals surface area contributed by atoms with Crippen molar-refractivity contribution in [2.45, 2.75) is 18.4 Å². The van der Waals surface area contributed by atoms with Crippen LogP contribution in [0.2, 0.25) is 0 Å². The Morgan fingerprint density at radius 2 is 1.60 bits per heavy atom. The fourth-order valence-electron chi connectivity index (χ4n) is 1.93. The Balaban J connectivity index is 1.89. The van der Waals surface area contributed by atoms with E-state index in [1.54, 1.807) is 11.8 Å². The molecule has 2 aromatic carbocycles. The van der Waals surface area contributed by atoms with Gasteiger partial charge in [0.05, 0.1) is 5.75 Å². The minimum atomic E-state index is 0.185. The largest absolute Gasteiger partial charge is 0.338 e. The molecule has 0 N–H and O–H groups in total. The molecule has 0 aromatic heterocycles. The molecule has 20 heavy (non-hydrogen) atoms. The Hall–Kier alpha value is -1.74. The fourth-order valence-corrected chi connectivity index (χ4v) is 2.76. The third-order valence-electron chi connectivity index (χ3n) is 3.06. The average molecular weight is 285 g/mol. The molecule has 0 unspecified atom stereocenters. The van der Waals surface area contributed by atoms with Crippen molar-refractivity contribution in [3.8, 4) is 0 Å². The summed E-state index contributed by atoms with van der Waals surface area (Å²) in [6.07, 6.45) is 0. The smallest absolute Gasteiger partial charge is 0.233 e. The van der Waals surface area contributed by atoms with Crippen LogP contribution in [0, 0.1) is 0 Å². The van der Waals surface area contributed by atoms with E-state index < -0.39 is 0 Å². The van der Waals surface area contributed by atoms with Gasteiger partial charge in [-0.3, -0.25) is 4.79 Å². The second kappa shape index (κ2) is 7.75. The van der Waals surface area contributed by atoms with E-state index in [0.29, 0.717) is 12.3 Å². The van der Waals surface area contributed by atoms with Crippen molar-refractivity contribution in [2.75, 3.05) is 12.3 Å². The monoisotopic (exact) mass is 285 g/mol. The molecule has 0 heterocycles. The Bertz CT molecular complexity index is 527. The Kier molecular flexibility index (Phi) is 5.69. The molecule has 1 amide bonds. The molecule has 0 atom stereocenters. The van der Waals surface area contributed by atoms with Gasteiger partial charge in [0.25, 0.3) is 0 Å². The summed E-state index contributed by atoms with van der Waals surface area (Å²) in [6.45, 7) is 3.45. The van der Waals surface area contributed by atoms with E-state index in [1.807, 2.05) is 60.4 Å². The highest BCUT2D eigenvalue weighted by Gasteiger charge is 2.12. The summed E-state index contributed by atoms with van der Waals surface area (Å²) in [5.74, 6) is 0.676. The molecule has 0 bridgehead atoms. The van der Waals surface area contributed by atoms with Gasteiger partial charge < -0.3 is 4.90 Å². The number of rotatable bonds is 6. The number of amides is 1. The van der Waals surface area contributed by atoms with Gasteiger partial charge in [0.15, 0.2) is 0 Å². The molecule has 0 saturated heterocycles. The van der Waals surface area contributed by atoms with Crippen LogP contribution in [0.25, 0.3) is 0 Å². The van der Waals surface area contributed by atoms with Gasteiger partial charge in [0, 0.05) is 18.0 Å². The highest BCUT2D eigenvalue weighted by molar-refractivity contribution is 8.00. The van der Waals surface area contributed by atoms with E-state index in [2.05, 4.69) is 12.1 Å². The molecular weight excluding hydrogens is 266 g/mol. The van der Waals surface area contributed by atoms with Crippen molar-refractivity contribution in [1.82, 2.24) is 4.90 Å². The molecule has 3 heteroatoms. The molecule has 0 fully saturated rings. The number of carbonyl (C=O) groups is 1. The molecule has 104 valence electrons. The van der Waals surface area contributed by atoms with E-state index in [0.717, 1.165) is 11.4 Å². The van der Waals surface area contributed by atoms with E-state index in [4.69, 9.17) is 0 Å². The third kappa shape index (κ3) is 4.42. The van der Waals surface area contributed by atoms with Gasteiger partial charge >= 0.3 is 0 Å². The van der Waals surface area contributed by atoms with Gasteiger partial charge in [-0.25, -0.2) is 0 Å². The quantitative estimate of drug-likeness (QED) is 0.752. The first kappa shape index (κ1) is 14.7. The minimum absolute atomic E-state index is 0.185. The first-order valence-electron chi connectivity index (χ1n) is 6.79. The summed E-state index contributed by atoms with van der Waals surface area (Å²) in [4.78, 5) is 15.3. The summed E-state index contributed by atoms with van der Waals surface area (Å²) < 4.78 is 0. The number of hydrogen-bond donors (Lipinski definition) is 0. The molecule has 0 aliphatic heterocycles. The van der Waals surface area contributed by atoms with Crippen LogP contribution >= 0.6 is 11.8 Å². The second-order valence-electron chi connectivity index (χ2n) is 4.50. The van der Waals surface area contributed by atoms with Gasteiger partial charge in [0.2, 0.25) is 5.91 Å². The highest BCUT2D eigenvalue weighted by atomic mass is 32.2. The van der Waals surface area contributed by atoms with Crippen molar-refractivity contribution in [1.29, 1.82) is 0 Å². The molecular formula is C17H19NOS. The van der Waals surface area contributed by atoms with Crippen LogP contribution in [-0.4, -0.2) is 23.1 Å². The maximum atomic E-state index is 12.3. The first-order valence-corrected chi connectivity index (χ1v) is 7.77. The van der Waals surface area contributed by atoms with Gasteiger partial charge in [-0.05, 0) is 24.6 Å². The maximum absolute atomic E-state index is 12.3. The standard InChI is InChI=1S/C17H19NOS/c1-2-18(13-15-9-5-3-6-10-15)17(19)14-20-16-11-7-4-8-12-16/h3-12H,2,13-14H2,1H3. The minimum Gasteiger partial charge on any atom is -0.338 e. The van der Waals surface area contributed by atoms with Gasteiger partial charge in [0.1, 0.15) is 0 Å². The number of hydrogen-bond acceptors (Lipinski definition) is 2. The fraction of sp³-hybridized carbons (Fsp3) is 0.235. The molecule has 2 rings (SSSR count). The Morgan fingerprint density at radius 3 is 2.20 bits per heavy atom. The SMILES string of the molecule is CCN(Cc1ccccc1)C(=O)CSc1ccccc1. The van der Waals surface area contributed by atoms with E-state index in [1.165, 1.54) is 5.56 Å². The molecule has 0 saturated carbocycles. The lowest BCUT2D eigenvalue weighted by Gasteiger charge is -2.20. The summed E-state index contributed by atoms with van der Waals surface area (Å²) in [7, 11) is 0. The van der Waals surface area contributed by atoms with Crippen LogP contribution in [0.5, 0.6) is 0 Å². The lowest BCUT2D eigenvalue weighted by Crippen LogP contribution is -2.31. The van der Waals surface area contributed by atoms with Gasteiger partial charge in [-0.15, -0.1) is 11.8 Å². The number of thioether (sulfide) groups is 1. The van der Waals surface area contributed by atoms with Crippen LogP contribution in [0.4, 0.5) is 0 Å². The zero-order chi connectivity index (χ0) is 14.2. The molecule has 2 nitrogen and oxygen atoms in total. The third-order valence-corrected chi connectivity index (χ3v) is 4.05. The summed E-state index contributed by atoms with van der Waals surface area (Å²) in [6, 6.07) is 20.2. The summed E-state index contributed by atoms with van der Waals surface area (Å²) >= 11 is 1.59. The summed E-state index contributed by atoms with van der Waals surface area (Å²) in [5.41, 5.74) is 1.17. The van der Waals surface area contributed by atoms with Crippen molar-refractivity contribution < 1.29 is 4.79 Å². The second-order valence-corrected chi connectivity index (χ2v) is 5.54. The zero-order valence-corrected chi connectivity index (χ0v) is 12.5. The lowest BCUT2D eigenvalue weighted by molar-refractivity contribution is -0.128. The lowest BCUT2D eigenvalue weighted by atomic mass is 10.2. The number of nitrogens with zero attached hydrogens (tertiary/aromatic N) is 1. The van der Waals surface area contributed by atoms with Crippen LogP contribution in [0.1, 0.15) is 12.5 Å². The molecule has 0 spiro atoms. The predicted molar refractivity (Wildman–Crippen MR) is 84.7 cm³/mol. The highest BCUT2D eigenvalue weighted by Crippen LogP contribution is 2.18. The normalized spacial score (nSPS) is 10.2. The van der Waals surface area contributed by atoms with Crippen LogP contribution in [0.15, 0.2) is 65.6 Å². The Labute approximate surface area is 124 Å². The summed E-state index contributed by atoms with van der Waals surface area (Å²) in [5, 5.41) is 0. The Morgan fingerprint density at radius 1 is 1.00 bits per heavy atom. The maximum Gasteiger partial charge on any atom is 0.233 e. The molecule has 0 aliphatic rings. The van der Waals surface area contributed by atoms with Crippen molar-refractivity contribution in [3.05, 3.63) is 66.2 Å². The van der Waals surface area contributed by atoms with E-state index >= 15 is 0 Å². The van der Waals surface area contributed by atoms with Crippen LogP contribution in [0.3, 0.4) is 0 Å². The topological polar surface area (TPSA) is 20.3 Å². The van der Waals surface area contributed by atoms with Gasteiger partial charge in [-0.1, -0.05) is 48.5 Å². The van der Waals surface area contributed by atoms with Crippen LogP contribution < -0.4 is 0 Å². The van der Waals surface area contributed by atoms with E-state index in [9.17, 15) is 4.79 Å². The van der Waals surface area contributed by atoms with Crippen molar-refractivity contribution in [3.63, 3.8) is 0 Å². The molecule has 0 radical (unpaired) electrons. The first-order chi connectivity index (χ1) is 9.79. The molecule has 2 aromatic rings. The van der Waals surface area contributed by atoms with Crippen molar-refractivity contribution in [2.24, 2.45) is 0 Å². The predicted octanol–water partition coefficient (Wildman–Crippen LogP) is 3.83.